The number of aromatic amines is 1. The second kappa shape index (κ2) is 7.84. The third-order valence-corrected chi connectivity index (χ3v) is 5.31. The van der Waals surface area contributed by atoms with E-state index in [0.29, 0.717) is 5.56 Å². The Morgan fingerprint density at radius 1 is 1.24 bits per heavy atom. The molecule has 0 bridgehead atoms. The second-order valence-electron chi connectivity index (χ2n) is 6.06. The monoisotopic (exact) mass is 360 g/mol. The summed E-state index contributed by atoms with van der Waals surface area (Å²) >= 11 is 1.58. The van der Waals surface area contributed by atoms with Gasteiger partial charge in [0.25, 0.3) is 5.91 Å². The first-order valence-electron chi connectivity index (χ1n) is 8.30. The van der Waals surface area contributed by atoms with E-state index in [9.17, 15) is 4.79 Å². The van der Waals surface area contributed by atoms with Crippen LogP contribution >= 0.6 is 11.8 Å². The number of piperazine rings is 1. The maximum absolute atomic E-state index is 11.7. The topological polar surface area (TPSA) is 60.6 Å². The van der Waals surface area contributed by atoms with Crippen molar-refractivity contribution in [2.24, 2.45) is 0 Å². The molecule has 2 aromatic rings. The van der Waals surface area contributed by atoms with Crippen molar-refractivity contribution in [1.82, 2.24) is 15.2 Å². The summed E-state index contributed by atoms with van der Waals surface area (Å²) in [5, 5.41) is 3.55. The van der Waals surface area contributed by atoms with Crippen LogP contribution in [0.4, 0.5) is 5.69 Å². The molecule has 1 fully saturated rings. The van der Waals surface area contributed by atoms with Gasteiger partial charge in [-0.3, -0.25) is 4.79 Å². The number of nitrogens with zero attached hydrogens (tertiary/aromatic N) is 2. The largest absolute Gasteiger partial charge is 0.495 e. The number of H-pyrrole nitrogens is 1. The lowest BCUT2D eigenvalue weighted by molar-refractivity contribution is 0.0963. The Morgan fingerprint density at radius 3 is 2.68 bits per heavy atom. The number of methoxy groups -OCH3 is 1. The standard InChI is InChI=1S/C18H24N4O2S/c1-19-18(23)13-10-17(20-12-13)25-14-4-5-15(16(11-14)24-3)22-8-6-21(2)7-9-22/h4-5,10-12,20H,6-9H2,1-3H3,(H,19,23). The van der Waals surface area contributed by atoms with Crippen LogP contribution in [0.1, 0.15) is 10.4 Å². The van der Waals surface area contributed by atoms with E-state index in [2.05, 4.69) is 45.3 Å². The third-order valence-electron chi connectivity index (χ3n) is 4.37. The lowest BCUT2D eigenvalue weighted by Crippen LogP contribution is -2.44. The number of aromatic nitrogens is 1. The van der Waals surface area contributed by atoms with Crippen LogP contribution < -0.4 is 15.0 Å². The van der Waals surface area contributed by atoms with Gasteiger partial charge in [0.05, 0.1) is 23.4 Å². The molecule has 134 valence electrons. The molecule has 2 heterocycles. The molecule has 0 aliphatic carbocycles. The van der Waals surface area contributed by atoms with Crippen molar-refractivity contribution in [2.45, 2.75) is 9.92 Å². The Balaban J connectivity index is 1.75. The lowest BCUT2D eigenvalue weighted by Gasteiger charge is -2.34. The maximum Gasteiger partial charge on any atom is 0.252 e. The number of ether oxygens (including phenoxy) is 1. The number of likely N-dealkylation sites (N-methyl/N-ethyl adjacent to an activating group) is 1. The van der Waals surface area contributed by atoms with Crippen molar-refractivity contribution in [3.63, 3.8) is 0 Å². The van der Waals surface area contributed by atoms with Crippen LogP contribution in [0.3, 0.4) is 0 Å². The summed E-state index contributed by atoms with van der Waals surface area (Å²) in [5.41, 5.74) is 1.77. The molecule has 3 rings (SSSR count). The van der Waals surface area contributed by atoms with Gasteiger partial charge in [0.1, 0.15) is 5.75 Å². The quantitative estimate of drug-likeness (QED) is 0.857. The average Bonchev–Trinajstić information content (AvgIpc) is 3.10. The fourth-order valence-electron chi connectivity index (χ4n) is 2.86. The van der Waals surface area contributed by atoms with Crippen LogP contribution in [0, 0.1) is 0 Å². The molecule has 25 heavy (non-hydrogen) atoms. The zero-order chi connectivity index (χ0) is 17.8. The molecule has 0 spiro atoms. The molecular weight excluding hydrogens is 336 g/mol. The van der Waals surface area contributed by atoms with Crippen molar-refractivity contribution in [1.29, 1.82) is 0 Å². The molecule has 0 radical (unpaired) electrons. The minimum absolute atomic E-state index is 0.0916. The van der Waals surface area contributed by atoms with Gasteiger partial charge in [0.2, 0.25) is 0 Å². The average molecular weight is 360 g/mol. The number of anilines is 1. The number of carbonyl (C=O) groups excluding carboxylic acids is 1. The molecule has 1 aliphatic heterocycles. The van der Waals surface area contributed by atoms with E-state index >= 15 is 0 Å². The highest BCUT2D eigenvalue weighted by Crippen LogP contribution is 2.36. The van der Waals surface area contributed by atoms with Gasteiger partial charge in [-0.2, -0.15) is 0 Å². The molecule has 1 amide bonds. The summed E-state index contributed by atoms with van der Waals surface area (Å²) in [7, 11) is 5.49. The maximum atomic E-state index is 11.7. The first-order chi connectivity index (χ1) is 12.1. The Morgan fingerprint density at radius 2 is 2.00 bits per heavy atom. The summed E-state index contributed by atoms with van der Waals surface area (Å²) in [6, 6.07) is 8.12. The number of carbonyl (C=O) groups is 1. The lowest BCUT2D eigenvalue weighted by atomic mass is 10.2. The zero-order valence-corrected chi connectivity index (χ0v) is 15.7. The highest BCUT2D eigenvalue weighted by Gasteiger charge is 2.18. The van der Waals surface area contributed by atoms with Gasteiger partial charge in [-0.05, 0) is 31.3 Å². The van der Waals surface area contributed by atoms with Gasteiger partial charge in [0.15, 0.2) is 0 Å². The van der Waals surface area contributed by atoms with E-state index in [1.54, 1.807) is 32.1 Å². The van der Waals surface area contributed by atoms with E-state index in [-0.39, 0.29) is 5.91 Å². The molecule has 1 aromatic carbocycles. The van der Waals surface area contributed by atoms with Gasteiger partial charge < -0.3 is 24.8 Å². The third kappa shape index (κ3) is 4.11. The molecular formula is C18H24N4O2S. The Kier molecular flexibility index (Phi) is 5.55. The van der Waals surface area contributed by atoms with E-state index in [4.69, 9.17) is 4.74 Å². The molecule has 1 aromatic heterocycles. The first kappa shape index (κ1) is 17.7. The van der Waals surface area contributed by atoms with Crippen LogP contribution in [-0.2, 0) is 0 Å². The smallest absolute Gasteiger partial charge is 0.252 e. The molecule has 0 atom stereocenters. The summed E-state index contributed by atoms with van der Waals surface area (Å²) < 4.78 is 5.62. The van der Waals surface area contributed by atoms with E-state index in [0.717, 1.165) is 47.5 Å². The normalized spacial score (nSPS) is 15.2. The molecule has 1 aliphatic rings. The molecule has 0 unspecified atom stereocenters. The number of amides is 1. The van der Waals surface area contributed by atoms with E-state index < -0.39 is 0 Å². The number of nitrogens with one attached hydrogen (secondary N) is 2. The van der Waals surface area contributed by atoms with Gasteiger partial charge in [-0.25, -0.2) is 0 Å². The van der Waals surface area contributed by atoms with Crippen LogP contribution in [-0.4, -0.2) is 63.2 Å². The summed E-state index contributed by atoms with van der Waals surface area (Å²) in [4.78, 5) is 20.6. The molecule has 1 saturated heterocycles. The van der Waals surface area contributed by atoms with Crippen molar-refractivity contribution >= 4 is 23.4 Å². The highest BCUT2D eigenvalue weighted by molar-refractivity contribution is 7.99. The van der Waals surface area contributed by atoms with Gasteiger partial charge in [0, 0.05) is 44.3 Å². The summed E-state index contributed by atoms with van der Waals surface area (Å²) in [6.07, 6.45) is 1.72. The predicted octanol–water partition coefficient (Wildman–Crippen LogP) is 2.29. The minimum Gasteiger partial charge on any atom is -0.495 e. The SMILES string of the molecule is CNC(=O)c1c[nH]c(Sc2ccc(N3CCN(C)CC3)c(OC)c2)c1. The van der Waals surface area contributed by atoms with Crippen molar-refractivity contribution in [3.05, 3.63) is 36.0 Å². The van der Waals surface area contributed by atoms with Gasteiger partial charge in [-0.1, -0.05) is 11.8 Å². The molecule has 6 nitrogen and oxygen atoms in total. The zero-order valence-electron chi connectivity index (χ0n) is 14.8. The van der Waals surface area contributed by atoms with E-state index in [1.807, 2.05) is 6.07 Å². The summed E-state index contributed by atoms with van der Waals surface area (Å²) in [6.45, 7) is 4.13. The molecule has 0 saturated carbocycles. The van der Waals surface area contributed by atoms with Crippen LogP contribution in [0.25, 0.3) is 0 Å². The summed E-state index contributed by atoms with van der Waals surface area (Å²) in [5.74, 6) is 0.790. The van der Waals surface area contributed by atoms with Gasteiger partial charge in [-0.15, -0.1) is 0 Å². The first-order valence-corrected chi connectivity index (χ1v) is 9.12. The Bertz CT molecular complexity index is 738. The molecule has 2 N–H and O–H groups in total. The van der Waals surface area contributed by atoms with Gasteiger partial charge >= 0.3 is 0 Å². The number of hydrogen-bond acceptors (Lipinski definition) is 5. The van der Waals surface area contributed by atoms with Crippen molar-refractivity contribution in [3.8, 4) is 5.75 Å². The number of hydrogen-bond donors (Lipinski definition) is 2. The molecule has 7 heteroatoms. The Labute approximate surface area is 152 Å². The van der Waals surface area contributed by atoms with Crippen LogP contribution in [0.5, 0.6) is 5.75 Å². The minimum atomic E-state index is -0.0916. The predicted molar refractivity (Wildman–Crippen MR) is 101 cm³/mol. The number of benzene rings is 1. The highest BCUT2D eigenvalue weighted by atomic mass is 32.2. The van der Waals surface area contributed by atoms with Crippen LogP contribution in [0.15, 0.2) is 40.4 Å². The van der Waals surface area contributed by atoms with Crippen molar-refractivity contribution < 1.29 is 9.53 Å². The van der Waals surface area contributed by atoms with Crippen LogP contribution in [0.2, 0.25) is 0 Å². The fraction of sp³-hybridized carbons (Fsp3) is 0.389. The van der Waals surface area contributed by atoms with E-state index in [1.165, 1.54) is 0 Å². The number of rotatable bonds is 5. The van der Waals surface area contributed by atoms with Crippen molar-refractivity contribution in [2.75, 3.05) is 52.3 Å². The second-order valence-corrected chi connectivity index (χ2v) is 7.17. The Hall–Kier alpha value is -2.12. The fourth-order valence-corrected chi connectivity index (χ4v) is 3.72.